The van der Waals surface area contributed by atoms with Crippen LogP contribution in [0.1, 0.15) is 23.2 Å². The molecule has 1 aliphatic heterocycles. The van der Waals surface area contributed by atoms with Gasteiger partial charge in [0.05, 0.1) is 4.47 Å². The Morgan fingerprint density at radius 1 is 1.58 bits per heavy atom. The largest absolute Gasteiger partial charge is 0.340 e. The predicted octanol–water partition coefficient (Wildman–Crippen LogP) is 2.75. The summed E-state index contributed by atoms with van der Waals surface area (Å²) in [7, 11) is 3.89. The van der Waals surface area contributed by atoms with Gasteiger partial charge in [0, 0.05) is 25.2 Å². The van der Waals surface area contributed by atoms with Gasteiger partial charge in [-0.2, -0.15) is 0 Å². The third-order valence-electron chi connectivity index (χ3n) is 3.67. The molecule has 0 radical (unpaired) electrons. The van der Waals surface area contributed by atoms with E-state index in [-0.39, 0.29) is 11.7 Å². The number of nitrogens with zero attached hydrogens (tertiary/aromatic N) is 2. The number of carbonyl (C=O) groups excluding carboxylic acids is 1. The van der Waals surface area contributed by atoms with Crippen molar-refractivity contribution in [1.29, 1.82) is 0 Å². The van der Waals surface area contributed by atoms with Crippen LogP contribution in [0.15, 0.2) is 22.7 Å². The standard InChI is InChI=1S/C14H18BrFN2O/c1-17-7-3-4-11(17)9-18(2)14(19)10-5-6-13(16)12(15)8-10/h5-6,8,11H,3-4,7,9H2,1-2H3. The van der Waals surface area contributed by atoms with Gasteiger partial charge in [0.2, 0.25) is 0 Å². The molecule has 3 nitrogen and oxygen atoms in total. The van der Waals surface area contributed by atoms with Gasteiger partial charge in [0.1, 0.15) is 5.82 Å². The first kappa shape index (κ1) is 14.5. The second-order valence-electron chi connectivity index (χ2n) is 5.09. The van der Waals surface area contributed by atoms with Crippen LogP contribution in [0.4, 0.5) is 4.39 Å². The van der Waals surface area contributed by atoms with Crippen molar-refractivity contribution in [2.75, 3.05) is 27.2 Å². The minimum Gasteiger partial charge on any atom is -0.340 e. The van der Waals surface area contributed by atoms with Crippen molar-refractivity contribution in [3.8, 4) is 0 Å². The summed E-state index contributed by atoms with van der Waals surface area (Å²) >= 11 is 3.11. The molecule has 1 unspecified atom stereocenters. The van der Waals surface area contributed by atoms with Crippen molar-refractivity contribution in [2.45, 2.75) is 18.9 Å². The fraction of sp³-hybridized carbons (Fsp3) is 0.500. The number of amides is 1. The van der Waals surface area contributed by atoms with Gasteiger partial charge in [0.25, 0.3) is 5.91 Å². The highest BCUT2D eigenvalue weighted by atomic mass is 79.9. The summed E-state index contributed by atoms with van der Waals surface area (Å²) in [4.78, 5) is 16.3. The quantitative estimate of drug-likeness (QED) is 0.851. The van der Waals surface area contributed by atoms with E-state index in [1.165, 1.54) is 24.6 Å². The number of hydrogen-bond acceptors (Lipinski definition) is 2. The summed E-state index contributed by atoms with van der Waals surface area (Å²) in [5, 5.41) is 0. The second kappa shape index (κ2) is 6.01. The van der Waals surface area contributed by atoms with Crippen LogP contribution >= 0.6 is 15.9 Å². The first-order valence-electron chi connectivity index (χ1n) is 6.40. The van der Waals surface area contributed by atoms with Crippen LogP contribution in [-0.2, 0) is 0 Å². The molecular formula is C14H18BrFN2O. The minimum absolute atomic E-state index is 0.0685. The smallest absolute Gasteiger partial charge is 0.253 e. The van der Waals surface area contributed by atoms with Crippen molar-refractivity contribution in [2.24, 2.45) is 0 Å². The number of likely N-dealkylation sites (N-methyl/N-ethyl adjacent to an activating group) is 2. The molecule has 19 heavy (non-hydrogen) atoms. The maximum Gasteiger partial charge on any atom is 0.253 e. The molecule has 1 aromatic rings. The second-order valence-corrected chi connectivity index (χ2v) is 5.95. The van der Waals surface area contributed by atoms with E-state index in [1.807, 2.05) is 0 Å². The molecule has 1 heterocycles. The topological polar surface area (TPSA) is 23.6 Å². The average molecular weight is 329 g/mol. The van der Waals surface area contributed by atoms with Gasteiger partial charge in [-0.1, -0.05) is 0 Å². The number of rotatable bonds is 3. The van der Waals surface area contributed by atoms with Crippen LogP contribution in [0.2, 0.25) is 0 Å². The lowest BCUT2D eigenvalue weighted by atomic mass is 10.1. The van der Waals surface area contributed by atoms with E-state index in [1.54, 1.807) is 11.9 Å². The van der Waals surface area contributed by atoms with Crippen molar-refractivity contribution < 1.29 is 9.18 Å². The van der Waals surface area contributed by atoms with Gasteiger partial charge in [-0.15, -0.1) is 0 Å². The molecule has 0 N–H and O–H groups in total. The van der Waals surface area contributed by atoms with E-state index >= 15 is 0 Å². The van der Waals surface area contributed by atoms with Crippen LogP contribution in [0.25, 0.3) is 0 Å². The summed E-state index contributed by atoms with van der Waals surface area (Å²) in [6.07, 6.45) is 2.31. The molecule has 1 aliphatic rings. The molecule has 1 aromatic carbocycles. The maximum absolute atomic E-state index is 13.2. The Labute approximate surface area is 121 Å². The fourth-order valence-electron chi connectivity index (χ4n) is 2.46. The van der Waals surface area contributed by atoms with Crippen molar-refractivity contribution in [1.82, 2.24) is 9.80 Å². The molecule has 2 rings (SSSR count). The van der Waals surface area contributed by atoms with Gasteiger partial charge >= 0.3 is 0 Å². The Morgan fingerprint density at radius 3 is 2.89 bits per heavy atom. The third kappa shape index (κ3) is 3.34. The molecule has 0 saturated carbocycles. The molecule has 0 spiro atoms. The molecular weight excluding hydrogens is 311 g/mol. The van der Waals surface area contributed by atoms with E-state index in [0.717, 1.165) is 13.0 Å². The summed E-state index contributed by atoms with van der Waals surface area (Å²) in [6, 6.07) is 4.80. The van der Waals surface area contributed by atoms with Gasteiger partial charge in [-0.3, -0.25) is 4.79 Å². The monoisotopic (exact) mass is 328 g/mol. The molecule has 0 aliphatic carbocycles. The zero-order valence-corrected chi connectivity index (χ0v) is 12.8. The summed E-state index contributed by atoms with van der Waals surface area (Å²) in [5.41, 5.74) is 0.511. The fourth-order valence-corrected chi connectivity index (χ4v) is 2.84. The first-order chi connectivity index (χ1) is 8.99. The van der Waals surface area contributed by atoms with Gasteiger partial charge in [-0.25, -0.2) is 4.39 Å². The Balaban J connectivity index is 2.03. The SMILES string of the molecule is CN(CC1CCCN1C)C(=O)c1ccc(F)c(Br)c1. The molecule has 1 amide bonds. The number of benzene rings is 1. The number of hydrogen-bond donors (Lipinski definition) is 0. The Kier molecular flexibility index (Phi) is 4.58. The summed E-state index contributed by atoms with van der Waals surface area (Å²) in [5.74, 6) is -0.421. The van der Waals surface area contributed by atoms with E-state index in [4.69, 9.17) is 0 Å². The van der Waals surface area contributed by atoms with Crippen LogP contribution in [0.3, 0.4) is 0 Å². The Bertz CT molecular complexity index is 481. The van der Waals surface area contributed by atoms with Crippen LogP contribution in [0.5, 0.6) is 0 Å². The van der Waals surface area contributed by atoms with Crippen LogP contribution in [0, 0.1) is 5.82 Å². The van der Waals surface area contributed by atoms with Crippen LogP contribution < -0.4 is 0 Å². The normalized spacial score (nSPS) is 19.7. The maximum atomic E-state index is 13.2. The minimum atomic E-state index is -0.352. The van der Waals surface area contributed by atoms with E-state index in [2.05, 4.69) is 27.9 Å². The van der Waals surface area contributed by atoms with Crippen molar-refractivity contribution >= 4 is 21.8 Å². The average Bonchev–Trinajstić information content (AvgIpc) is 2.77. The van der Waals surface area contributed by atoms with E-state index in [9.17, 15) is 9.18 Å². The lowest BCUT2D eigenvalue weighted by Gasteiger charge is -2.26. The summed E-state index contributed by atoms with van der Waals surface area (Å²) < 4.78 is 13.5. The van der Waals surface area contributed by atoms with E-state index < -0.39 is 0 Å². The lowest BCUT2D eigenvalue weighted by Crippen LogP contribution is -2.39. The Hall–Kier alpha value is -0.940. The third-order valence-corrected chi connectivity index (χ3v) is 4.28. The highest BCUT2D eigenvalue weighted by Crippen LogP contribution is 2.19. The van der Waals surface area contributed by atoms with Crippen molar-refractivity contribution in [3.63, 3.8) is 0 Å². The number of likely N-dealkylation sites (tertiary alicyclic amines) is 1. The number of halogens is 2. The molecule has 104 valence electrons. The predicted molar refractivity (Wildman–Crippen MR) is 76.7 cm³/mol. The summed E-state index contributed by atoms with van der Waals surface area (Å²) in [6.45, 7) is 1.80. The van der Waals surface area contributed by atoms with Crippen LogP contribution in [-0.4, -0.2) is 48.9 Å². The van der Waals surface area contributed by atoms with E-state index in [0.29, 0.717) is 22.6 Å². The highest BCUT2D eigenvalue weighted by Gasteiger charge is 2.24. The molecule has 5 heteroatoms. The van der Waals surface area contributed by atoms with Gasteiger partial charge < -0.3 is 9.80 Å². The van der Waals surface area contributed by atoms with Crippen molar-refractivity contribution in [3.05, 3.63) is 34.1 Å². The molecule has 1 saturated heterocycles. The molecule has 0 bridgehead atoms. The zero-order chi connectivity index (χ0) is 14.0. The Morgan fingerprint density at radius 2 is 2.32 bits per heavy atom. The molecule has 1 atom stereocenters. The zero-order valence-electron chi connectivity index (χ0n) is 11.2. The highest BCUT2D eigenvalue weighted by molar-refractivity contribution is 9.10. The van der Waals surface area contributed by atoms with Gasteiger partial charge in [0.15, 0.2) is 0 Å². The molecule has 1 fully saturated rings. The lowest BCUT2D eigenvalue weighted by molar-refractivity contribution is 0.0761. The number of carbonyl (C=O) groups is 1. The first-order valence-corrected chi connectivity index (χ1v) is 7.19. The molecule has 0 aromatic heterocycles. The van der Waals surface area contributed by atoms with Gasteiger partial charge in [-0.05, 0) is 60.6 Å².